The first-order valence-corrected chi connectivity index (χ1v) is 9.86. The first kappa shape index (κ1) is 19.8. The quantitative estimate of drug-likeness (QED) is 0.630. The molecule has 1 aliphatic heterocycles. The second-order valence-electron chi connectivity index (χ2n) is 7.65. The monoisotopic (exact) mass is 389 g/mol. The Hall–Kier alpha value is -1.99. The molecule has 1 aromatic carbocycles. The first-order chi connectivity index (χ1) is 12.9. The van der Waals surface area contributed by atoms with Gasteiger partial charge in [0.25, 0.3) is 11.5 Å². The Balaban J connectivity index is 1.91. The molecule has 2 unspecified atom stereocenters. The molecule has 146 valence electrons. The summed E-state index contributed by atoms with van der Waals surface area (Å²) in [7, 11) is 1.63. The zero-order chi connectivity index (χ0) is 19.6. The normalized spacial score (nSPS) is 20.2. The van der Waals surface area contributed by atoms with Crippen molar-refractivity contribution < 1.29 is 9.53 Å². The van der Waals surface area contributed by atoms with Gasteiger partial charge in [-0.3, -0.25) is 14.2 Å². The fourth-order valence-corrected chi connectivity index (χ4v) is 4.25. The molecule has 1 saturated heterocycles. The maximum atomic E-state index is 12.9. The maximum absolute atomic E-state index is 12.9. The largest absolute Gasteiger partial charge is 0.385 e. The van der Waals surface area contributed by atoms with Crippen molar-refractivity contribution in [3.63, 3.8) is 0 Å². The van der Waals surface area contributed by atoms with Crippen LogP contribution >= 0.6 is 12.2 Å². The second-order valence-corrected chi connectivity index (χ2v) is 8.04. The van der Waals surface area contributed by atoms with Crippen molar-refractivity contribution >= 4 is 29.0 Å². The van der Waals surface area contributed by atoms with Gasteiger partial charge in [-0.05, 0) is 55.1 Å². The number of aromatic nitrogens is 2. The Morgan fingerprint density at radius 2 is 2.00 bits per heavy atom. The van der Waals surface area contributed by atoms with E-state index in [0.717, 1.165) is 19.5 Å². The molecule has 3 rings (SSSR count). The van der Waals surface area contributed by atoms with Crippen LogP contribution < -0.4 is 5.56 Å². The van der Waals surface area contributed by atoms with Crippen LogP contribution in [0.25, 0.3) is 10.9 Å². The number of hydrogen-bond donors (Lipinski definition) is 1. The molecule has 1 N–H and O–H groups in total. The highest BCUT2D eigenvalue weighted by Gasteiger charge is 2.26. The average molecular weight is 390 g/mol. The number of piperidine rings is 1. The van der Waals surface area contributed by atoms with Crippen molar-refractivity contribution in [2.24, 2.45) is 11.8 Å². The minimum absolute atomic E-state index is 0.0129. The summed E-state index contributed by atoms with van der Waals surface area (Å²) in [5.41, 5.74) is 1.06. The number of benzene rings is 1. The van der Waals surface area contributed by atoms with E-state index >= 15 is 0 Å². The van der Waals surface area contributed by atoms with Gasteiger partial charge < -0.3 is 14.6 Å². The number of ether oxygens (including phenoxy) is 1. The van der Waals surface area contributed by atoms with Crippen molar-refractivity contribution in [3.05, 3.63) is 38.9 Å². The summed E-state index contributed by atoms with van der Waals surface area (Å²) < 4.78 is 6.96. The summed E-state index contributed by atoms with van der Waals surface area (Å²) in [6, 6.07) is 5.21. The van der Waals surface area contributed by atoms with Gasteiger partial charge in [-0.2, -0.15) is 0 Å². The number of hydrogen-bond acceptors (Lipinski definition) is 4. The molecule has 7 heteroatoms. The Labute approximate surface area is 164 Å². The molecule has 6 nitrogen and oxygen atoms in total. The van der Waals surface area contributed by atoms with Gasteiger partial charge in [0.05, 0.1) is 10.9 Å². The van der Waals surface area contributed by atoms with Crippen LogP contribution in [0.2, 0.25) is 0 Å². The number of fused-ring (bicyclic) bond motifs is 1. The molecule has 0 radical (unpaired) electrons. The predicted octanol–water partition coefficient (Wildman–Crippen LogP) is 3.21. The van der Waals surface area contributed by atoms with Crippen molar-refractivity contribution in [2.45, 2.75) is 33.2 Å². The van der Waals surface area contributed by atoms with Crippen LogP contribution in [0.3, 0.4) is 0 Å². The number of aromatic amines is 1. The number of amides is 1. The maximum Gasteiger partial charge on any atom is 0.262 e. The lowest BCUT2D eigenvalue weighted by Crippen LogP contribution is -2.42. The SMILES string of the molecule is COCCCn1c(=S)[nH]c2cc(C(=O)N3CC(C)CC(C)C3)ccc2c1=O. The Kier molecular flexibility index (Phi) is 6.11. The molecular weight excluding hydrogens is 362 g/mol. The lowest BCUT2D eigenvalue weighted by molar-refractivity contribution is 0.0623. The number of H-pyrrole nitrogens is 1. The van der Waals surface area contributed by atoms with Crippen molar-refractivity contribution in [1.29, 1.82) is 0 Å². The molecule has 1 aromatic heterocycles. The molecule has 0 bridgehead atoms. The van der Waals surface area contributed by atoms with Crippen LogP contribution in [0, 0.1) is 16.6 Å². The van der Waals surface area contributed by atoms with Gasteiger partial charge in [-0.25, -0.2) is 0 Å². The van der Waals surface area contributed by atoms with Crippen LogP contribution in [-0.4, -0.2) is 47.2 Å². The summed E-state index contributed by atoms with van der Waals surface area (Å²) in [6.07, 6.45) is 1.86. The van der Waals surface area contributed by atoms with E-state index in [1.54, 1.807) is 29.9 Å². The molecule has 1 amide bonds. The minimum atomic E-state index is -0.135. The average Bonchev–Trinajstić information content (AvgIpc) is 2.62. The van der Waals surface area contributed by atoms with Crippen molar-refractivity contribution in [3.8, 4) is 0 Å². The number of methoxy groups -OCH3 is 1. The van der Waals surface area contributed by atoms with E-state index in [0.29, 0.717) is 52.6 Å². The number of carbonyl (C=O) groups excluding carboxylic acids is 1. The zero-order valence-corrected chi connectivity index (χ0v) is 17.0. The lowest BCUT2D eigenvalue weighted by atomic mass is 9.91. The van der Waals surface area contributed by atoms with Gasteiger partial charge in [0.1, 0.15) is 0 Å². The third-order valence-corrected chi connectivity index (χ3v) is 5.44. The van der Waals surface area contributed by atoms with Crippen molar-refractivity contribution in [1.82, 2.24) is 14.5 Å². The fraction of sp³-hybridized carbons (Fsp3) is 0.550. The van der Waals surface area contributed by atoms with Gasteiger partial charge in [0.15, 0.2) is 4.77 Å². The molecule has 2 heterocycles. The van der Waals surface area contributed by atoms with Gasteiger partial charge in [-0.15, -0.1) is 0 Å². The smallest absolute Gasteiger partial charge is 0.262 e. The number of nitrogens with one attached hydrogen (secondary N) is 1. The van der Waals surface area contributed by atoms with E-state index in [2.05, 4.69) is 18.8 Å². The van der Waals surface area contributed by atoms with Crippen LogP contribution in [0.4, 0.5) is 0 Å². The third-order valence-electron chi connectivity index (χ3n) is 5.12. The molecule has 0 aliphatic carbocycles. The third kappa shape index (κ3) is 4.30. The topological polar surface area (TPSA) is 67.3 Å². The first-order valence-electron chi connectivity index (χ1n) is 9.45. The Morgan fingerprint density at radius 1 is 1.30 bits per heavy atom. The number of carbonyl (C=O) groups is 1. The van der Waals surface area contributed by atoms with Crippen LogP contribution in [0.5, 0.6) is 0 Å². The summed E-state index contributed by atoms with van der Waals surface area (Å²) in [4.78, 5) is 30.7. The standard InChI is InChI=1S/C20H27N3O3S/c1-13-9-14(2)12-22(11-13)18(24)15-5-6-16-17(10-15)21-20(27)23(19(16)25)7-4-8-26-3/h5-6,10,13-14H,4,7-9,11-12H2,1-3H3,(H,21,27). The summed E-state index contributed by atoms with van der Waals surface area (Å²) >= 11 is 5.35. The van der Waals surface area contributed by atoms with Crippen LogP contribution in [0.1, 0.15) is 37.0 Å². The summed E-state index contributed by atoms with van der Waals surface area (Å²) in [5, 5.41) is 0.540. The Bertz CT molecular complexity index is 940. The van der Waals surface area contributed by atoms with E-state index in [1.165, 1.54) is 0 Å². The number of likely N-dealkylation sites (tertiary alicyclic amines) is 1. The molecule has 1 fully saturated rings. The Morgan fingerprint density at radius 3 is 2.67 bits per heavy atom. The zero-order valence-electron chi connectivity index (χ0n) is 16.2. The van der Waals surface area contributed by atoms with Gasteiger partial charge in [0.2, 0.25) is 0 Å². The summed E-state index contributed by atoms with van der Waals surface area (Å²) in [5.74, 6) is 1.02. The van der Waals surface area contributed by atoms with E-state index in [9.17, 15) is 9.59 Å². The highest BCUT2D eigenvalue weighted by Crippen LogP contribution is 2.23. The molecule has 27 heavy (non-hydrogen) atoms. The molecule has 2 aromatic rings. The highest BCUT2D eigenvalue weighted by atomic mass is 32.1. The summed E-state index contributed by atoms with van der Waals surface area (Å²) in [6.45, 7) is 6.98. The predicted molar refractivity (Wildman–Crippen MR) is 109 cm³/mol. The molecule has 0 saturated carbocycles. The molecule has 2 atom stereocenters. The second kappa shape index (κ2) is 8.35. The van der Waals surface area contributed by atoms with E-state index < -0.39 is 0 Å². The fourth-order valence-electron chi connectivity index (χ4n) is 3.97. The van der Waals surface area contributed by atoms with Crippen molar-refractivity contribution in [2.75, 3.05) is 26.8 Å². The lowest BCUT2D eigenvalue weighted by Gasteiger charge is -2.35. The van der Waals surface area contributed by atoms with E-state index in [-0.39, 0.29) is 11.5 Å². The minimum Gasteiger partial charge on any atom is -0.385 e. The van der Waals surface area contributed by atoms with Gasteiger partial charge in [-0.1, -0.05) is 13.8 Å². The number of nitrogens with zero attached hydrogens (tertiary/aromatic N) is 2. The molecule has 1 aliphatic rings. The number of rotatable bonds is 5. The van der Waals surface area contributed by atoms with Crippen LogP contribution in [0.15, 0.2) is 23.0 Å². The van der Waals surface area contributed by atoms with Gasteiger partial charge in [0, 0.05) is 38.9 Å². The molecular formula is C20H27N3O3S. The highest BCUT2D eigenvalue weighted by molar-refractivity contribution is 7.71. The van der Waals surface area contributed by atoms with Gasteiger partial charge >= 0.3 is 0 Å². The van der Waals surface area contributed by atoms with E-state index in [4.69, 9.17) is 17.0 Å². The molecule has 0 spiro atoms. The van der Waals surface area contributed by atoms with Crippen LogP contribution in [-0.2, 0) is 11.3 Å². The van der Waals surface area contributed by atoms with E-state index in [1.807, 2.05) is 4.90 Å².